The van der Waals surface area contributed by atoms with Gasteiger partial charge < -0.3 is 20.5 Å². The average Bonchev–Trinajstić information content (AvgIpc) is 2.55. The van der Waals surface area contributed by atoms with Gasteiger partial charge in [-0.25, -0.2) is 4.79 Å². The number of rotatable bonds is 6. The summed E-state index contributed by atoms with van der Waals surface area (Å²) in [5, 5.41) is 15.0. The Hall–Kier alpha value is -2.53. The van der Waals surface area contributed by atoms with Crippen molar-refractivity contribution in [1.29, 1.82) is 0 Å². The largest absolute Gasteiger partial charge is 0.491 e. The Labute approximate surface area is 142 Å². The van der Waals surface area contributed by atoms with Crippen LogP contribution in [0.15, 0.2) is 48.5 Å². The smallest absolute Gasteiger partial charge is 0.319 e. The predicted octanol–water partition coefficient (Wildman–Crippen LogP) is 3.64. The maximum Gasteiger partial charge on any atom is 0.319 e. The Balaban J connectivity index is 2.00. The van der Waals surface area contributed by atoms with E-state index in [1.54, 1.807) is 6.07 Å². The number of hydrogen-bond donors (Lipinski definition) is 3. The lowest BCUT2D eigenvalue weighted by molar-refractivity contribution is 0.225. The number of carbonyl (C=O) groups is 1. The van der Waals surface area contributed by atoms with E-state index < -0.39 is 6.04 Å². The third-order valence-electron chi connectivity index (χ3n) is 3.49. The molecule has 0 bridgehead atoms. The molecule has 0 radical (unpaired) electrons. The normalized spacial score (nSPS) is 11.9. The molecule has 128 valence electrons. The van der Waals surface area contributed by atoms with Crippen molar-refractivity contribution in [2.75, 3.05) is 11.9 Å². The number of nitrogens with one attached hydrogen (secondary N) is 2. The van der Waals surface area contributed by atoms with Crippen LogP contribution in [0, 0.1) is 6.92 Å². The van der Waals surface area contributed by atoms with Crippen molar-refractivity contribution in [3.05, 3.63) is 59.7 Å². The molecule has 3 N–H and O–H groups in total. The first-order valence-corrected chi connectivity index (χ1v) is 8.00. The van der Waals surface area contributed by atoms with Gasteiger partial charge in [0.1, 0.15) is 5.75 Å². The van der Waals surface area contributed by atoms with Crippen LogP contribution in [0.5, 0.6) is 5.75 Å². The minimum atomic E-state index is -0.448. The summed E-state index contributed by atoms with van der Waals surface area (Å²) in [6.07, 6.45) is 0.0991. The molecular weight excluding hydrogens is 304 g/mol. The molecule has 0 aliphatic carbocycles. The van der Waals surface area contributed by atoms with E-state index in [4.69, 9.17) is 4.74 Å². The number of ether oxygens (including phenoxy) is 1. The van der Waals surface area contributed by atoms with Crippen LogP contribution in [-0.2, 0) is 0 Å². The quantitative estimate of drug-likeness (QED) is 0.758. The van der Waals surface area contributed by atoms with Crippen molar-refractivity contribution in [3.8, 4) is 5.75 Å². The number of anilines is 1. The van der Waals surface area contributed by atoms with Gasteiger partial charge in [-0.2, -0.15) is 0 Å². The fourth-order valence-corrected chi connectivity index (χ4v) is 2.36. The van der Waals surface area contributed by atoms with Crippen LogP contribution in [0.3, 0.4) is 0 Å². The molecule has 0 aliphatic rings. The van der Waals surface area contributed by atoms with Gasteiger partial charge in [0.15, 0.2) is 0 Å². The Morgan fingerprint density at radius 3 is 2.46 bits per heavy atom. The van der Waals surface area contributed by atoms with E-state index in [1.165, 1.54) is 0 Å². The fourth-order valence-electron chi connectivity index (χ4n) is 2.36. The molecule has 0 heterocycles. The summed E-state index contributed by atoms with van der Waals surface area (Å²) in [5.74, 6) is 0.800. The van der Waals surface area contributed by atoms with Gasteiger partial charge in [0.05, 0.1) is 18.8 Å². The van der Waals surface area contributed by atoms with Crippen molar-refractivity contribution in [3.63, 3.8) is 0 Å². The van der Waals surface area contributed by atoms with E-state index in [0.717, 1.165) is 16.9 Å². The molecule has 2 rings (SSSR count). The molecule has 5 heteroatoms. The minimum Gasteiger partial charge on any atom is -0.491 e. The van der Waals surface area contributed by atoms with Crippen molar-refractivity contribution in [2.45, 2.75) is 32.9 Å². The number of amides is 2. The molecule has 24 heavy (non-hydrogen) atoms. The topological polar surface area (TPSA) is 70.6 Å². The first-order valence-electron chi connectivity index (χ1n) is 8.00. The zero-order valence-electron chi connectivity index (χ0n) is 14.2. The van der Waals surface area contributed by atoms with E-state index in [2.05, 4.69) is 10.6 Å². The Bertz CT molecular complexity index is 672. The number of aliphatic hydroxyl groups is 1. The van der Waals surface area contributed by atoms with Crippen LogP contribution >= 0.6 is 0 Å². The number of aryl methyl sites for hydroxylation is 1. The molecule has 2 amide bonds. The molecule has 2 aromatic carbocycles. The van der Waals surface area contributed by atoms with Crippen molar-refractivity contribution in [1.82, 2.24) is 5.32 Å². The Kier molecular flexibility index (Phi) is 6.21. The van der Waals surface area contributed by atoms with E-state index in [1.807, 2.05) is 63.2 Å². The van der Waals surface area contributed by atoms with Gasteiger partial charge in [0.2, 0.25) is 0 Å². The lowest BCUT2D eigenvalue weighted by atomic mass is 10.1. The third-order valence-corrected chi connectivity index (χ3v) is 3.49. The summed E-state index contributed by atoms with van der Waals surface area (Å²) in [5.41, 5.74) is 2.47. The summed E-state index contributed by atoms with van der Waals surface area (Å²) in [6, 6.07) is 14.0. The number of aliphatic hydroxyl groups excluding tert-OH is 1. The number of urea groups is 1. The molecule has 0 saturated carbocycles. The summed E-state index contributed by atoms with van der Waals surface area (Å²) >= 11 is 0. The van der Waals surface area contributed by atoms with Gasteiger partial charge in [-0.15, -0.1) is 0 Å². The number of benzene rings is 2. The lowest BCUT2D eigenvalue weighted by Gasteiger charge is -2.18. The van der Waals surface area contributed by atoms with Crippen LogP contribution in [-0.4, -0.2) is 23.8 Å². The lowest BCUT2D eigenvalue weighted by Crippen LogP contribution is -2.34. The minimum absolute atomic E-state index is 0.0991. The van der Waals surface area contributed by atoms with Crippen LogP contribution in [0.4, 0.5) is 10.5 Å². The van der Waals surface area contributed by atoms with Crippen LogP contribution in [0.25, 0.3) is 0 Å². The van der Waals surface area contributed by atoms with Crippen molar-refractivity contribution >= 4 is 11.7 Å². The first-order chi connectivity index (χ1) is 11.5. The summed E-state index contributed by atoms with van der Waals surface area (Å²) in [6.45, 7) is 5.70. The predicted molar refractivity (Wildman–Crippen MR) is 95.4 cm³/mol. The highest BCUT2D eigenvalue weighted by atomic mass is 16.5. The van der Waals surface area contributed by atoms with Crippen LogP contribution in [0.2, 0.25) is 0 Å². The van der Waals surface area contributed by atoms with E-state index in [9.17, 15) is 9.90 Å². The molecule has 0 saturated heterocycles. The second kappa shape index (κ2) is 8.36. The second-order valence-electron chi connectivity index (χ2n) is 5.89. The van der Waals surface area contributed by atoms with Gasteiger partial charge in [0, 0.05) is 5.69 Å². The van der Waals surface area contributed by atoms with E-state index in [-0.39, 0.29) is 18.7 Å². The highest BCUT2D eigenvalue weighted by Gasteiger charge is 2.13. The fraction of sp³-hybridized carbons (Fsp3) is 0.316. The molecule has 2 aromatic rings. The number of hydrogen-bond acceptors (Lipinski definition) is 3. The van der Waals surface area contributed by atoms with E-state index >= 15 is 0 Å². The average molecular weight is 328 g/mol. The molecule has 0 fully saturated rings. The maximum absolute atomic E-state index is 12.2. The SMILES string of the molecule is Cc1cc(NC(=O)NC(CO)c2ccccc2)ccc1OC(C)C. The standard InChI is InChI=1S/C19H24N2O3/c1-13(2)24-18-10-9-16(11-14(18)3)20-19(23)21-17(12-22)15-7-5-4-6-8-15/h4-11,13,17,22H,12H2,1-3H3,(H2,20,21,23). The molecule has 1 unspecified atom stereocenters. The molecule has 5 nitrogen and oxygen atoms in total. The molecule has 0 spiro atoms. The third kappa shape index (κ3) is 4.99. The summed E-state index contributed by atoms with van der Waals surface area (Å²) in [7, 11) is 0. The van der Waals surface area contributed by atoms with E-state index in [0.29, 0.717) is 5.69 Å². The molecule has 0 aliphatic heterocycles. The molecular formula is C19H24N2O3. The molecule has 1 atom stereocenters. The highest BCUT2D eigenvalue weighted by Crippen LogP contribution is 2.23. The van der Waals surface area contributed by atoms with Gasteiger partial charge >= 0.3 is 6.03 Å². The zero-order chi connectivity index (χ0) is 17.5. The first kappa shape index (κ1) is 17.8. The van der Waals surface area contributed by atoms with Crippen LogP contribution < -0.4 is 15.4 Å². The maximum atomic E-state index is 12.2. The Morgan fingerprint density at radius 1 is 1.17 bits per heavy atom. The van der Waals surface area contributed by atoms with Gasteiger partial charge in [-0.1, -0.05) is 30.3 Å². The second-order valence-corrected chi connectivity index (χ2v) is 5.89. The molecule has 0 aromatic heterocycles. The van der Waals surface area contributed by atoms with Gasteiger partial charge in [-0.05, 0) is 50.1 Å². The summed E-state index contributed by atoms with van der Waals surface area (Å²) < 4.78 is 5.68. The van der Waals surface area contributed by atoms with Crippen molar-refractivity contribution in [2.24, 2.45) is 0 Å². The Morgan fingerprint density at radius 2 is 1.88 bits per heavy atom. The monoisotopic (exact) mass is 328 g/mol. The zero-order valence-corrected chi connectivity index (χ0v) is 14.2. The summed E-state index contributed by atoms with van der Waals surface area (Å²) in [4.78, 5) is 12.2. The van der Waals surface area contributed by atoms with Gasteiger partial charge in [-0.3, -0.25) is 0 Å². The van der Waals surface area contributed by atoms with Crippen molar-refractivity contribution < 1.29 is 14.6 Å². The van der Waals surface area contributed by atoms with Crippen LogP contribution in [0.1, 0.15) is 31.0 Å². The number of carbonyl (C=O) groups excluding carboxylic acids is 1. The highest BCUT2D eigenvalue weighted by molar-refractivity contribution is 5.89. The van der Waals surface area contributed by atoms with Gasteiger partial charge in [0.25, 0.3) is 0 Å².